The fraction of sp³-hybridized carbons (Fsp3) is 0.360. The molecule has 0 aliphatic heterocycles. The van der Waals surface area contributed by atoms with Crippen molar-refractivity contribution in [2.24, 2.45) is 0 Å². The number of rotatable bonds is 3. The number of benzene rings is 1. The van der Waals surface area contributed by atoms with Crippen molar-refractivity contribution >= 4 is 10.8 Å². The van der Waals surface area contributed by atoms with Crippen molar-refractivity contribution in [2.45, 2.75) is 60.8 Å². The van der Waals surface area contributed by atoms with Crippen LogP contribution in [0.5, 0.6) is 0 Å². The number of fused-ring (bicyclic) bond motifs is 1. The Labute approximate surface area is 181 Å². The molecule has 0 bridgehead atoms. The first-order chi connectivity index (χ1) is 11.0. The van der Waals surface area contributed by atoms with Crippen molar-refractivity contribution < 1.29 is 25.8 Å². The van der Waals surface area contributed by atoms with E-state index in [-0.39, 0.29) is 40.7 Å². The summed E-state index contributed by atoms with van der Waals surface area (Å²) in [5.74, 6) is 0. The van der Waals surface area contributed by atoms with Gasteiger partial charge in [-0.3, -0.25) is 0 Å². The SMILES string of the molecule is CCCC[c-]1ccc2ccccc21.Cc1c(C)c(C)[c-](C)c1C.[CH3-].[CH3-].[Hf+4]. The molecule has 140 valence electrons. The van der Waals surface area contributed by atoms with Crippen molar-refractivity contribution in [3.63, 3.8) is 0 Å². The van der Waals surface area contributed by atoms with Gasteiger partial charge in [0.2, 0.25) is 0 Å². The monoisotopic (exact) mass is 516 g/mol. The summed E-state index contributed by atoms with van der Waals surface area (Å²) in [5.41, 5.74) is 8.85. The summed E-state index contributed by atoms with van der Waals surface area (Å²) >= 11 is 0. The van der Waals surface area contributed by atoms with Crippen LogP contribution in [0.1, 0.15) is 53.1 Å². The molecule has 0 aliphatic rings. The van der Waals surface area contributed by atoms with E-state index in [1.807, 2.05) is 0 Å². The molecule has 0 saturated carbocycles. The van der Waals surface area contributed by atoms with Gasteiger partial charge in [-0.15, -0.1) is 40.6 Å². The zero-order valence-corrected chi connectivity index (χ0v) is 21.7. The van der Waals surface area contributed by atoms with E-state index in [9.17, 15) is 0 Å². The van der Waals surface area contributed by atoms with E-state index in [0.717, 1.165) is 0 Å². The minimum atomic E-state index is 0. The maximum Gasteiger partial charge on any atom is 4.00 e. The summed E-state index contributed by atoms with van der Waals surface area (Å²) in [6.07, 6.45) is 3.80. The number of hydrogen-bond donors (Lipinski definition) is 0. The predicted octanol–water partition coefficient (Wildman–Crippen LogP) is 7.75. The molecule has 0 aromatic heterocycles. The fourth-order valence-corrected chi connectivity index (χ4v) is 3.21. The van der Waals surface area contributed by atoms with Crippen molar-refractivity contribution in [3.05, 3.63) is 84.6 Å². The van der Waals surface area contributed by atoms with Gasteiger partial charge in [-0.2, -0.15) is 33.9 Å². The van der Waals surface area contributed by atoms with E-state index in [0.29, 0.717) is 0 Å². The number of unbranched alkanes of at least 4 members (excludes halogenated alkanes) is 1. The van der Waals surface area contributed by atoms with E-state index >= 15 is 0 Å². The quantitative estimate of drug-likeness (QED) is 0.247. The van der Waals surface area contributed by atoms with Gasteiger partial charge < -0.3 is 14.9 Å². The van der Waals surface area contributed by atoms with Crippen LogP contribution in [0.25, 0.3) is 10.8 Å². The molecule has 0 saturated heterocycles. The zero-order chi connectivity index (χ0) is 17.0. The van der Waals surface area contributed by atoms with Gasteiger partial charge in [0.1, 0.15) is 0 Å². The minimum Gasteiger partial charge on any atom is -0.358 e. The molecule has 0 aliphatic carbocycles. The van der Waals surface area contributed by atoms with Crippen LogP contribution in [-0.2, 0) is 32.3 Å². The second-order valence-corrected chi connectivity index (χ2v) is 6.67. The van der Waals surface area contributed by atoms with Gasteiger partial charge >= 0.3 is 25.8 Å². The largest absolute Gasteiger partial charge is 4.00 e. The van der Waals surface area contributed by atoms with Gasteiger partial charge in [-0.25, -0.2) is 0 Å². The van der Waals surface area contributed by atoms with Crippen LogP contribution in [0.2, 0.25) is 0 Å². The molecule has 0 fully saturated rings. The van der Waals surface area contributed by atoms with E-state index in [1.54, 1.807) is 0 Å². The Morgan fingerprint density at radius 2 is 1.38 bits per heavy atom. The topological polar surface area (TPSA) is 0 Å². The summed E-state index contributed by atoms with van der Waals surface area (Å²) in [5, 5.41) is 2.82. The molecule has 0 N–H and O–H groups in total. The van der Waals surface area contributed by atoms with Crippen LogP contribution in [-0.4, -0.2) is 0 Å². The van der Waals surface area contributed by atoms with Crippen molar-refractivity contribution in [1.82, 2.24) is 0 Å². The van der Waals surface area contributed by atoms with Crippen LogP contribution >= 0.6 is 0 Å². The molecule has 0 nitrogen and oxygen atoms in total. The van der Waals surface area contributed by atoms with Crippen molar-refractivity contribution in [2.75, 3.05) is 0 Å². The maximum atomic E-state index is 2.26. The van der Waals surface area contributed by atoms with Gasteiger partial charge in [-0.1, -0.05) is 66.9 Å². The van der Waals surface area contributed by atoms with E-state index in [4.69, 9.17) is 0 Å². The van der Waals surface area contributed by atoms with Crippen molar-refractivity contribution in [1.29, 1.82) is 0 Å². The molecular weight excluding hydrogens is 479 g/mol. The second-order valence-electron chi connectivity index (χ2n) is 6.67. The van der Waals surface area contributed by atoms with Crippen LogP contribution in [0.3, 0.4) is 0 Å². The number of hydrogen-bond acceptors (Lipinski definition) is 0. The summed E-state index contributed by atoms with van der Waals surface area (Å²) in [6, 6.07) is 13.1. The fourth-order valence-electron chi connectivity index (χ4n) is 3.21. The zero-order valence-electron chi connectivity index (χ0n) is 18.1. The molecule has 0 heterocycles. The molecule has 3 aromatic rings. The Kier molecular flexibility index (Phi) is 13.0. The van der Waals surface area contributed by atoms with Crippen LogP contribution in [0.4, 0.5) is 0 Å². The van der Waals surface area contributed by atoms with Gasteiger partial charge in [0.05, 0.1) is 0 Å². The van der Waals surface area contributed by atoms with E-state index in [1.165, 1.54) is 63.4 Å². The third-order valence-corrected chi connectivity index (χ3v) is 5.38. The molecule has 3 rings (SSSR count). The summed E-state index contributed by atoms with van der Waals surface area (Å²) in [4.78, 5) is 0. The van der Waals surface area contributed by atoms with Crippen LogP contribution in [0, 0.1) is 49.5 Å². The average Bonchev–Trinajstić information content (AvgIpc) is 3.06. The third kappa shape index (κ3) is 6.05. The molecule has 0 unspecified atom stereocenters. The normalized spacial score (nSPS) is 9.46. The Morgan fingerprint density at radius 3 is 1.85 bits per heavy atom. The molecule has 3 aromatic carbocycles. The Morgan fingerprint density at radius 1 is 0.846 bits per heavy atom. The summed E-state index contributed by atoms with van der Waals surface area (Å²) in [6.45, 7) is 13.2. The van der Waals surface area contributed by atoms with Crippen LogP contribution < -0.4 is 0 Å². The predicted molar refractivity (Wildman–Crippen MR) is 117 cm³/mol. The molecule has 0 radical (unpaired) electrons. The Balaban J connectivity index is 0. The molecule has 0 amide bonds. The van der Waals surface area contributed by atoms with Crippen molar-refractivity contribution in [3.8, 4) is 0 Å². The summed E-state index contributed by atoms with van der Waals surface area (Å²) in [7, 11) is 0. The Bertz CT molecular complexity index is 691. The summed E-state index contributed by atoms with van der Waals surface area (Å²) < 4.78 is 0. The standard InChI is InChI=1S/C13H15.C10H15.2CH3.Hf/c1-2-3-6-11-9-10-12-7-4-5-8-13(11)12;1-6-7(2)9(4)10(5)8(6)3;;;/h4-5,7-10H,2-3,6H2,1H3;1-5H3;2*1H3;/q4*-1;+4. The van der Waals surface area contributed by atoms with Gasteiger partial charge in [0.25, 0.3) is 0 Å². The van der Waals surface area contributed by atoms with Gasteiger partial charge in [-0.05, 0) is 0 Å². The Hall–Kier alpha value is -0.950. The first kappa shape index (κ1) is 27.3. The molecule has 0 atom stereocenters. The average molecular weight is 515 g/mol. The first-order valence-electron chi connectivity index (χ1n) is 8.80. The van der Waals surface area contributed by atoms with E-state index < -0.39 is 0 Å². The van der Waals surface area contributed by atoms with Gasteiger partial charge in [0.15, 0.2) is 0 Å². The van der Waals surface area contributed by atoms with Gasteiger partial charge in [0, 0.05) is 0 Å². The van der Waals surface area contributed by atoms with Crippen LogP contribution in [0.15, 0.2) is 36.4 Å². The number of aryl methyl sites for hydroxylation is 1. The smallest absolute Gasteiger partial charge is 0.358 e. The first-order valence-corrected chi connectivity index (χ1v) is 8.80. The molecule has 1 heteroatoms. The van der Waals surface area contributed by atoms with E-state index in [2.05, 4.69) is 77.9 Å². The minimum absolute atomic E-state index is 0. The second kappa shape index (κ2) is 12.4. The molecule has 0 spiro atoms. The molecular formula is C25H36Hf. The third-order valence-electron chi connectivity index (χ3n) is 5.38. The molecule has 26 heavy (non-hydrogen) atoms. The maximum absolute atomic E-state index is 2.26.